The number of esters is 4. The summed E-state index contributed by atoms with van der Waals surface area (Å²) in [5.41, 5.74) is 0. The minimum absolute atomic E-state index is 0.0840. The van der Waals surface area contributed by atoms with Crippen LogP contribution in [0.4, 0.5) is 0 Å². The predicted octanol–water partition coefficient (Wildman–Crippen LogP) is 24.1. The topological polar surface area (TPSA) is 237 Å². The predicted molar refractivity (Wildman–Crippen MR) is 414 cm³/mol. The standard InChI is InChI=1S/C82H156O17P2/c1-8-10-11-12-13-14-15-16-21-26-32-37-42-51-58-65-82(87)99-78(70-93-80(85)64-57-50-45-44-48-55-62-75(7)9-2)72-97-101(90,91)95-68-76(83)67-94-100(88,89)96-71-77(98-81(86)66-59-52-43-38-33-28-27-30-35-40-47-54-61-74(5)6)69-92-79(84)63-56-49-41-36-31-25-23-20-18-17-19-22-24-29-34-39-46-53-60-73(3)4/h14-16,21,73-78,83H,8-13,17-20,22-72H2,1-7H3,(H,88,89)(H,90,91)/b15-14-,21-16-/t75?,76-,77-,78-/m1/s1. The summed E-state index contributed by atoms with van der Waals surface area (Å²) in [4.78, 5) is 73.0. The molecule has 0 radical (unpaired) electrons. The van der Waals surface area contributed by atoms with Crippen LogP contribution in [0.25, 0.3) is 0 Å². The smallest absolute Gasteiger partial charge is 0.462 e. The number of phosphoric acid groups is 2. The second kappa shape index (κ2) is 71.8. The Morgan fingerprint density at radius 2 is 0.584 bits per heavy atom. The van der Waals surface area contributed by atoms with Gasteiger partial charge in [-0.15, -0.1) is 0 Å². The van der Waals surface area contributed by atoms with Crippen molar-refractivity contribution in [1.82, 2.24) is 0 Å². The van der Waals surface area contributed by atoms with E-state index < -0.39 is 97.5 Å². The minimum Gasteiger partial charge on any atom is -0.462 e. The molecule has 0 rings (SSSR count). The van der Waals surface area contributed by atoms with E-state index in [-0.39, 0.29) is 25.7 Å². The Bertz CT molecular complexity index is 2050. The Labute approximate surface area is 618 Å². The van der Waals surface area contributed by atoms with Gasteiger partial charge >= 0.3 is 39.5 Å². The summed E-state index contributed by atoms with van der Waals surface area (Å²) < 4.78 is 68.7. The minimum atomic E-state index is -4.97. The average Bonchev–Trinajstić information content (AvgIpc) is 0.923. The van der Waals surface area contributed by atoms with Crippen molar-refractivity contribution >= 4 is 39.5 Å². The Morgan fingerprint density at radius 3 is 0.881 bits per heavy atom. The highest BCUT2D eigenvalue weighted by Crippen LogP contribution is 2.45. The van der Waals surface area contributed by atoms with Crippen molar-refractivity contribution in [3.63, 3.8) is 0 Å². The number of carbonyl (C=O) groups excluding carboxylic acids is 4. The van der Waals surface area contributed by atoms with Gasteiger partial charge in [0, 0.05) is 25.7 Å². The molecule has 3 unspecified atom stereocenters. The van der Waals surface area contributed by atoms with E-state index >= 15 is 0 Å². The number of unbranched alkanes of at least 4 members (excludes halogenated alkanes) is 42. The van der Waals surface area contributed by atoms with Crippen LogP contribution in [0.5, 0.6) is 0 Å². The molecule has 0 aliphatic rings. The van der Waals surface area contributed by atoms with Gasteiger partial charge in [-0.05, 0) is 69.1 Å². The monoisotopic (exact) mass is 1480 g/mol. The van der Waals surface area contributed by atoms with Crippen LogP contribution >= 0.6 is 15.6 Å². The van der Waals surface area contributed by atoms with Crippen LogP contribution in [-0.2, 0) is 65.4 Å². The molecule has 0 aliphatic heterocycles. The summed E-state index contributed by atoms with van der Waals surface area (Å²) in [6.45, 7) is 11.9. The fraction of sp³-hybridized carbons (Fsp3) is 0.902. The van der Waals surface area contributed by atoms with Crippen LogP contribution in [0.1, 0.15) is 402 Å². The highest BCUT2D eigenvalue weighted by atomic mass is 31.2. The molecule has 0 saturated heterocycles. The maximum absolute atomic E-state index is 13.1. The van der Waals surface area contributed by atoms with Crippen molar-refractivity contribution in [3.05, 3.63) is 24.3 Å². The number of aliphatic hydroxyl groups excluding tert-OH is 1. The Balaban J connectivity index is 5.24. The fourth-order valence-electron chi connectivity index (χ4n) is 12.1. The van der Waals surface area contributed by atoms with E-state index in [9.17, 15) is 43.2 Å². The zero-order chi connectivity index (χ0) is 74.4. The Kier molecular flexibility index (Phi) is 70.0. The zero-order valence-electron chi connectivity index (χ0n) is 65.9. The maximum atomic E-state index is 13.1. The summed E-state index contributed by atoms with van der Waals surface area (Å²) >= 11 is 0. The molecule has 596 valence electrons. The third-order valence-corrected chi connectivity index (χ3v) is 20.8. The molecule has 0 heterocycles. The lowest BCUT2D eigenvalue weighted by atomic mass is 10.00. The van der Waals surface area contributed by atoms with E-state index in [0.29, 0.717) is 25.7 Å². The quantitative estimate of drug-likeness (QED) is 0.0169. The van der Waals surface area contributed by atoms with Gasteiger partial charge in [0.25, 0.3) is 0 Å². The molecule has 0 spiro atoms. The van der Waals surface area contributed by atoms with Gasteiger partial charge in [-0.3, -0.25) is 37.3 Å². The molecule has 6 atom stereocenters. The number of phosphoric ester groups is 2. The van der Waals surface area contributed by atoms with Crippen LogP contribution in [0.3, 0.4) is 0 Å². The van der Waals surface area contributed by atoms with Gasteiger partial charge in [0.15, 0.2) is 12.2 Å². The Hall–Kier alpha value is -2.46. The summed E-state index contributed by atoms with van der Waals surface area (Å²) in [5.74, 6) is 0.182. The average molecular weight is 1480 g/mol. The normalized spacial score (nSPS) is 14.4. The second-order valence-corrected chi connectivity index (χ2v) is 32.9. The third kappa shape index (κ3) is 74.2. The molecule has 0 fully saturated rings. The molecular formula is C82H156O17P2. The molecule has 0 aliphatic carbocycles. The van der Waals surface area contributed by atoms with Crippen molar-refractivity contribution < 1.29 is 80.2 Å². The molecule has 0 bridgehead atoms. The molecule has 19 heteroatoms. The first-order chi connectivity index (χ1) is 48.8. The van der Waals surface area contributed by atoms with Crippen LogP contribution in [-0.4, -0.2) is 96.7 Å². The summed E-state index contributed by atoms with van der Waals surface area (Å²) in [5, 5.41) is 10.6. The lowest BCUT2D eigenvalue weighted by Crippen LogP contribution is -2.30. The summed E-state index contributed by atoms with van der Waals surface area (Å²) in [6.07, 6.45) is 63.3. The van der Waals surface area contributed by atoms with Crippen molar-refractivity contribution in [2.24, 2.45) is 17.8 Å². The van der Waals surface area contributed by atoms with Gasteiger partial charge in [-0.25, -0.2) is 9.13 Å². The number of allylic oxidation sites excluding steroid dienone is 4. The SMILES string of the molecule is CCCCCC/C=C\C=C/CCCCCCCC(=O)O[C@H](COC(=O)CCCCCCCCC(C)CC)COP(=O)(O)OC[C@H](O)COP(=O)(O)OC[C@@H](COC(=O)CCCCCCCCCCCCCCCCCCCCC(C)C)OC(=O)CCCCCCCCCCCCCCC(C)C. The number of hydrogen-bond acceptors (Lipinski definition) is 15. The number of hydrogen-bond donors (Lipinski definition) is 3. The van der Waals surface area contributed by atoms with Crippen LogP contribution in [0.15, 0.2) is 24.3 Å². The highest BCUT2D eigenvalue weighted by Gasteiger charge is 2.30. The van der Waals surface area contributed by atoms with Gasteiger partial charge in [-0.1, -0.05) is 349 Å². The van der Waals surface area contributed by atoms with E-state index in [1.807, 2.05) is 0 Å². The van der Waals surface area contributed by atoms with Gasteiger partial charge in [0.2, 0.25) is 0 Å². The zero-order valence-corrected chi connectivity index (χ0v) is 67.6. The largest absolute Gasteiger partial charge is 0.472 e. The first-order valence-electron chi connectivity index (χ1n) is 41.7. The molecule has 0 aromatic carbocycles. The first-order valence-corrected chi connectivity index (χ1v) is 44.7. The maximum Gasteiger partial charge on any atom is 0.472 e. The lowest BCUT2D eigenvalue weighted by Gasteiger charge is -2.21. The van der Waals surface area contributed by atoms with Gasteiger partial charge in [0.1, 0.15) is 19.3 Å². The first kappa shape index (κ1) is 98.5. The molecule has 17 nitrogen and oxygen atoms in total. The van der Waals surface area contributed by atoms with Crippen molar-refractivity contribution in [3.8, 4) is 0 Å². The van der Waals surface area contributed by atoms with Crippen LogP contribution in [0.2, 0.25) is 0 Å². The fourth-order valence-corrected chi connectivity index (χ4v) is 13.7. The number of aliphatic hydroxyl groups is 1. The van der Waals surface area contributed by atoms with Gasteiger partial charge in [0.05, 0.1) is 26.4 Å². The molecule has 0 aromatic rings. The van der Waals surface area contributed by atoms with E-state index in [1.165, 1.54) is 193 Å². The Morgan fingerprint density at radius 1 is 0.327 bits per heavy atom. The molecule has 0 saturated carbocycles. The number of carbonyl (C=O) groups is 4. The molecule has 0 amide bonds. The van der Waals surface area contributed by atoms with Gasteiger partial charge in [-0.2, -0.15) is 0 Å². The lowest BCUT2D eigenvalue weighted by molar-refractivity contribution is -0.161. The molecule has 101 heavy (non-hydrogen) atoms. The van der Waals surface area contributed by atoms with E-state index in [4.69, 9.17) is 37.0 Å². The summed E-state index contributed by atoms with van der Waals surface area (Å²) in [7, 11) is -9.93. The van der Waals surface area contributed by atoms with E-state index in [2.05, 4.69) is 72.8 Å². The van der Waals surface area contributed by atoms with Crippen LogP contribution in [0, 0.1) is 17.8 Å². The van der Waals surface area contributed by atoms with Crippen molar-refractivity contribution in [2.45, 2.75) is 420 Å². The van der Waals surface area contributed by atoms with Gasteiger partial charge < -0.3 is 33.8 Å². The highest BCUT2D eigenvalue weighted by molar-refractivity contribution is 7.47. The van der Waals surface area contributed by atoms with Crippen LogP contribution < -0.4 is 0 Å². The summed E-state index contributed by atoms with van der Waals surface area (Å²) in [6, 6.07) is 0. The second-order valence-electron chi connectivity index (χ2n) is 30.0. The van der Waals surface area contributed by atoms with Crippen molar-refractivity contribution in [2.75, 3.05) is 39.6 Å². The third-order valence-electron chi connectivity index (χ3n) is 18.9. The van der Waals surface area contributed by atoms with Crippen molar-refractivity contribution in [1.29, 1.82) is 0 Å². The van der Waals surface area contributed by atoms with E-state index in [1.54, 1.807) is 0 Å². The molecule has 0 aromatic heterocycles. The van der Waals surface area contributed by atoms with E-state index in [0.717, 1.165) is 127 Å². The number of ether oxygens (including phenoxy) is 4. The molecule has 3 N–H and O–H groups in total. The number of rotatable bonds is 78. The molecular weight excluding hydrogens is 1320 g/mol.